The first-order valence-electron chi connectivity index (χ1n) is 7.00. The molecule has 2 nitrogen and oxygen atoms in total. The van der Waals surface area contributed by atoms with E-state index in [2.05, 4.69) is 10.2 Å². The number of halogens is 2. The third-order valence-electron chi connectivity index (χ3n) is 3.91. The molecule has 1 aromatic rings. The highest BCUT2D eigenvalue weighted by molar-refractivity contribution is 6.31. The average molecular weight is 285 g/mol. The fraction of sp³-hybridized carbons (Fsp3) is 0.600. The van der Waals surface area contributed by atoms with Crippen LogP contribution in [0.5, 0.6) is 0 Å². The summed E-state index contributed by atoms with van der Waals surface area (Å²) in [6.07, 6.45) is 3.72. The van der Waals surface area contributed by atoms with Gasteiger partial charge in [0.15, 0.2) is 0 Å². The Labute approximate surface area is 119 Å². The molecule has 1 N–H and O–H groups in total. The summed E-state index contributed by atoms with van der Waals surface area (Å²) in [6, 6.07) is 4.61. The van der Waals surface area contributed by atoms with Gasteiger partial charge < -0.3 is 5.32 Å². The van der Waals surface area contributed by atoms with Crippen molar-refractivity contribution in [2.45, 2.75) is 25.8 Å². The van der Waals surface area contributed by atoms with E-state index in [4.69, 9.17) is 11.6 Å². The lowest BCUT2D eigenvalue weighted by atomic mass is 9.93. The number of hydrogen-bond acceptors (Lipinski definition) is 2. The minimum Gasteiger partial charge on any atom is -0.320 e. The van der Waals surface area contributed by atoms with Crippen LogP contribution in [0.25, 0.3) is 0 Å². The Morgan fingerprint density at radius 2 is 2.11 bits per heavy atom. The summed E-state index contributed by atoms with van der Waals surface area (Å²) >= 11 is 6.11. The zero-order chi connectivity index (χ0) is 13.7. The van der Waals surface area contributed by atoms with Crippen molar-refractivity contribution in [3.8, 4) is 0 Å². The fourth-order valence-corrected chi connectivity index (χ4v) is 2.86. The molecule has 2 rings (SSSR count). The van der Waals surface area contributed by atoms with Gasteiger partial charge in [0, 0.05) is 11.6 Å². The van der Waals surface area contributed by atoms with Gasteiger partial charge in [0.2, 0.25) is 0 Å². The van der Waals surface area contributed by atoms with E-state index in [1.165, 1.54) is 25.3 Å². The molecule has 0 aliphatic carbocycles. The number of hydrogen-bond donors (Lipinski definition) is 1. The van der Waals surface area contributed by atoms with Crippen molar-refractivity contribution in [2.75, 3.05) is 26.7 Å². The molecule has 1 heterocycles. The largest absolute Gasteiger partial charge is 0.320 e. The number of nitrogens with zero attached hydrogens (tertiary/aromatic N) is 1. The maximum absolute atomic E-state index is 13.2. The number of benzene rings is 1. The van der Waals surface area contributed by atoms with Crippen molar-refractivity contribution in [3.05, 3.63) is 34.6 Å². The minimum atomic E-state index is -0.205. The minimum absolute atomic E-state index is 0.205. The third kappa shape index (κ3) is 4.44. The zero-order valence-electron chi connectivity index (χ0n) is 11.5. The fourth-order valence-electron chi connectivity index (χ4n) is 2.69. The van der Waals surface area contributed by atoms with E-state index in [-0.39, 0.29) is 5.82 Å². The lowest BCUT2D eigenvalue weighted by Gasteiger charge is -2.32. The van der Waals surface area contributed by atoms with Crippen molar-refractivity contribution in [3.63, 3.8) is 0 Å². The quantitative estimate of drug-likeness (QED) is 0.892. The number of likely N-dealkylation sites (tertiary alicyclic amines) is 1. The molecular formula is C15H22ClFN2. The highest BCUT2D eigenvalue weighted by atomic mass is 35.5. The molecule has 19 heavy (non-hydrogen) atoms. The van der Waals surface area contributed by atoms with Gasteiger partial charge in [0.1, 0.15) is 5.82 Å². The summed E-state index contributed by atoms with van der Waals surface area (Å²) in [7, 11) is 2.00. The Bertz CT molecular complexity index is 403. The topological polar surface area (TPSA) is 15.3 Å². The maximum atomic E-state index is 13.2. The predicted molar refractivity (Wildman–Crippen MR) is 78.0 cm³/mol. The summed E-state index contributed by atoms with van der Waals surface area (Å²) < 4.78 is 13.2. The molecule has 0 saturated carbocycles. The van der Waals surface area contributed by atoms with Crippen LogP contribution in [0.2, 0.25) is 5.02 Å². The monoisotopic (exact) mass is 284 g/mol. The van der Waals surface area contributed by atoms with Crippen LogP contribution >= 0.6 is 11.6 Å². The van der Waals surface area contributed by atoms with Gasteiger partial charge in [-0.25, -0.2) is 4.39 Å². The Morgan fingerprint density at radius 1 is 1.37 bits per heavy atom. The number of rotatable bonds is 5. The zero-order valence-corrected chi connectivity index (χ0v) is 12.2. The average Bonchev–Trinajstić information content (AvgIpc) is 2.42. The van der Waals surface area contributed by atoms with Crippen LogP contribution < -0.4 is 5.32 Å². The molecule has 0 atom stereocenters. The van der Waals surface area contributed by atoms with Gasteiger partial charge in [-0.3, -0.25) is 4.90 Å². The molecule has 106 valence electrons. The number of nitrogens with one attached hydrogen (secondary N) is 1. The third-order valence-corrected chi connectivity index (χ3v) is 4.28. The SMILES string of the molecule is CNCCC1CCN(Cc2cc(F)ccc2Cl)CC1. The highest BCUT2D eigenvalue weighted by Gasteiger charge is 2.19. The summed E-state index contributed by atoms with van der Waals surface area (Å²) in [5, 5.41) is 3.87. The normalized spacial score (nSPS) is 17.8. The van der Waals surface area contributed by atoms with E-state index >= 15 is 0 Å². The molecule has 1 aliphatic heterocycles. The van der Waals surface area contributed by atoms with Crippen molar-refractivity contribution in [1.82, 2.24) is 10.2 Å². The summed E-state index contributed by atoms with van der Waals surface area (Å²) in [5.74, 6) is 0.620. The van der Waals surface area contributed by atoms with Gasteiger partial charge >= 0.3 is 0 Å². The van der Waals surface area contributed by atoms with Gasteiger partial charge in [0.05, 0.1) is 0 Å². The first kappa shape index (κ1) is 14.8. The number of piperidine rings is 1. The van der Waals surface area contributed by atoms with Crippen LogP contribution in [-0.4, -0.2) is 31.6 Å². The van der Waals surface area contributed by atoms with Crippen LogP contribution in [-0.2, 0) is 6.54 Å². The first-order valence-corrected chi connectivity index (χ1v) is 7.37. The molecule has 0 spiro atoms. The molecule has 0 amide bonds. The predicted octanol–water partition coefficient (Wildman–Crippen LogP) is 3.30. The molecule has 0 unspecified atom stereocenters. The lowest BCUT2D eigenvalue weighted by molar-refractivity contribution is 0.172. The van der Waals surface area contributed by atoms with E-state index < -0.39 is 0 Å². The summed E-state index contributed by atoms with van der Waals surface area (Å²) in [5.41, 5.74) is 0.898. The Hall–Kier alpha value is -0.640. The van der Waals surface area contributed by atoms with Crippen LogP contribution in [0.4, 0.5) is 4.39 Å². The van der Waals surface area contributed by atoms with E-state index in [9.17, 15) is 4.39 Å². The van der Waals surface area contributed by atoms with Crippen LogP contribution in [0, 0.1) is 11.7 Å². The second kappa shape index (κ2) is 7.22. The van der Waals surface area contributed by atoms with Crippen molar-refractivity contribution in [2.24, 2.45) is 5.92 Å². The van der Waals surface area contributed by atoms with Gasteiger partial charge in [0.25, 0.3) is 0 Å². The molecule has 1 aromatic carbocycles. The summed E-state index contributed by atoms with van der Waals surface area (Å²) in [6.45, 7) is 4.03. The smallest absolute Gasteiger partial charge is 0.123 e. The maximum Gasteiger partial charge on any atom is 0.123 e. The molecule has 1 fully saturated rings. The van der Waals surface area contributed by atoms with Gasteiger partial charge in [-0.1, -0.05) is 11.6 Å². The van der Waals surface area contributed by atoms with Crippen molar-refractivity contribution in [1.29, 1.82) is 0 Å². The van der Waals surface area contributed by atoms with Gasteiger partial charge in [-0.2, -0.15) is 0 Å². The van der Waals surface area contributed by atoms with Crippen molar-refractivity contribution < 1.29 is 4.39 Å². The highest BCUT2D eigenvalue weighted by Crippen LogP contribution is 2.24. The Balaban J connectivity index is 1.83. The van der Waals surface area contributed by atoms with Crippen LogP contribution in [0.15, 0.2) is 18.2 Å². The van der Waals surface area contributed by atoms with E-state index in [0.29, 0.717) is 5.02 Å². The van der Waals surface area contributed by atoms with Gasteiger partial charge in [-0.05, 0) is 75.6 Å². The second-order valence-corrected chi connectivity index (χ2v) is 5.75. The molecule has 1 saturated heterocycles. The molecule has 0 aromatic heterocycles. The first-order chi connectivity index (χ1) is 9.19. The van der Waals surface area contributed by atoms with Crippen molar-refractivity contribution >= 4 is 11.6 Å². The molecule has 0 radical (unpaired) electrons. The molecule has 0 bridgehead atoms. The van der Waals surface area contributed by atoms with E-state index in [1.807, 2.05) is 7.05 Å². The molecule has 4 heteroatoms. The van der Waals surface area contributed by atoms with Crippen LogP contribution in [0.1, 0.15) is 24.8 Å². The molecule has 1 aliphatic rings. The Morgan fingerprint density at radius 3 is 2.79 bits per heavy atom. The lowest BCUT2D eigenvalue weighted by Crippen LogP contribution is -2.34. The Kier molecular flexibility index (Phi) is 5.61. The van der Waals surface area contributed by atoms with Gasteiger partial charge in [-0.15, -0.1) is 0 Å². The van der Waals surface area contributed by atoms with Crippen LogP contribution in [0.3, 0.4) is 0 Å². The van der Waals surface area contributed by atoms with E-state index in [1.54, 1.807) is 12.1 Å². The standard InChI is InChI=1S/C15H22ClFN2/c1-18-7-4-12-5-8-19(9-6-12)11-13-10-14(17)2-3-15(13)16/h2-3,10,12,18H,4-9,11H2,1H3. The molecular weight excluding hydrogens is 263 g/mol. The van der Waals surface area contributed by atoms with E-state index in [0.717, 1.165) is 37.7 Å². The second-order valence-electron chi connectivity index (χ2n) is 5.35. The summed E-state index contributed by atoms with van der Waals surface area (Å²) in [4.78, 5) is 2.37.